The molecule has 0 spiro atoms. The van der Waals surface area contributed by atoms with E-state index in [4.69, 9.17) is 5.11 Å². The third-order valence-corrected chi connectivity index (χ3v) is 2.48. The average Bonchev–Trinajstić information content (AvgIpc) is 2.15. The summed E-state index contributed by atoms with van der Waals surface area (Å²) in [4.78, 5) is 10.6. The van der Waals surface area contributed by atoms with Crippen LogP contribution in [0.15, 0.2) is 18.2 Å². The normalized spacial score (nSPS) is 12.5. The maximum Gasteiger partial charge on any atom is 0.306 e. The van der Waals surface area contributed by atoms with Crippen LogP contribution in [0.3, 0.4) is 0 Å². The average molecular weight is 210 g/mol. The summed E-state index contributed by atoms with van der Waals surface area (Å²) in [5.41, 5.74) is 1.47. The fourth-order valence-corrected chi connectivity index (χ4v) is 1.35. The lowest BCUT2D eigenvalue weighted by Gasteiger charge is -2.07. The van der Waals surface area contributed by atoms with Gasteiger partial charge in [0, 0.05) is 0 Å². The third kappa shape index (κ3) is 3.35. The van der Waals surface area contributed by atoms with Crippen LogP contribution in [0.25, 0.3) is 0 Å². The fraction of sp³-hybridized carbons (Fsp3) is 0.417. The number of benzene rings is 1. The van der Waals surface area contributed by atoms with Crippen LogP contribution >= 0.6 is 0 Å². The van der Waals surface area contributed by atoms with Crippen molar-refractivity contribution in [3.8, 4) is 0 Å². The van der Waals surface area contributed by atoms with Gasteiger partial charge >= 0.3 is 5.97 Å². The van der Waals surface area contributed by atoms with Gasteiger partial charge in [-0.1, -0.05) is 19.1 Å². The van der Waals surface area contributed by atoms with E-state index in [0.29, 0.717) is 18.4 Å². The molecule has 0 heterocycles. The first-order chi connectivity index (χ1) is 7.00. The summed E-state index contributed by atoms with van der Waals surface area (Å²) < 4.78 is 13.4. The van der Waals surface area contributed by atoms with Gasteiger partial charge in [0.25, 0.3) is 0 Å². The van der Waals surface area contributed by atoms with Crippen LogP contribution in [0.1, 0.15) is 24.5 Å². The van der Waals surface area contributed by atoms with E-state index in [1.54, 1.807) is 13.0 Å². The van der Waals surface area contributed by atoms with Crippen molar-refractivity contribution in [2.24, 2.45) is 5.92 Å². The Morgan fingerprint density at radius 2 is 2.20 bits per heavy atom. The molecule has 0 aliphatic carbocycles. The molecule has 0 aliphatic rings. The SMILES string of the molecule is Cc1ccc(CCC(C)C(=O)O)c(F)c1. The predicted molar refractivity (Wildman–Crippen MR) is 56.3 cm³/mol. The Morgan fingerprint density at radius 1 is 1.53 bits per heavy atom. The Morgan fingerprint density at radius 3 is 2.73 bits per heavy atom. The van der Waals surface area contributed by atoms with Crippen molar-refractivity contribution in [3.63, 3.8) is 0 Å². The molecule has 0 saturated carbocycles. The quantitative estimate of drug-likeness (QED) is 0.829. The molecule has 1 aromatic carbocycles. The van der Waals surface area contributed by atoms with E-state index >= 15 is 0 Å². The number of rotatable bonds is 4. The van der Waals surface area contributed by atoms with Gasteiger partial charge in [-0.25, -0.2) is 4.39 Å². The third-order valence-electron chi connectivity index (χ3n) is 2.48. The standard InChI is InChI=1S/C12H15FO2/c1-8-3-5-10(11(13)7-8)6-4-9(2)12(14)15/h3,5,7,9H,4,6H2,1-2H3,(H,14,15). The van der Waals surface area contributed by atoms with Gasteiger partial charge in [-0.05, 0) is 37.0 Å². The second kappa shape index (κ2) is 4.91. The maximum absolute atomic E-state index is 13.4. The van der Waals surface area contributed by atoms with E-state index in [0.717, 1.165) is 5.56 Å². The zero-order valence-corrected chi connectivity index (χ0v) is 8.96. The fourth-order valence-electron chi connectivity index (χ4n) is 1.35. The van der Waals surface area contributed by atoms with Crippen LogP contribution in [0.4, 0.5) is 4.39 Å². The van der Waals surface area contributed by atoms with Crippen molar-refractivity contribution in [1.29, 1.82) is 0 Å². The molecular formula is C12H15FO2. The topological polar surface area (TPSA) is 37.3 Å². The molecule has 82 valence electrons. The minimum Gasteiger partial charge on any atom is -0.481 e. The van der Waals surface area contributed by atoms with Crippen LogP contribution < -0.4 is 0 Å². The van der Waals surface area contributed by atoms with Gasteiger partial charge in [0.1, 0.15) is 5.82 Å². The summed E-state index contributed by atoms with van der Waals surface area (Å²) in [6.07, 6.45) is 0.939. The van der Waals surface area contributed by atoms with Gasteiger partial charge in [0.05, 0.1) is 5.92 Å². The van der Waals surface area contributed by atoms with E-state index in [2.05, 4.69) is 0 Å². The predicted octanol–water partition coefficient (Wildman–Crippen LogP) is 2.79. The lowest BCUT2D eigenvalue weighted by Crippen LogP contribution is -2.10. The number of carboxylic acid groups (broad SMARTS) is 1. The van der Waals surface area contributed by atoms with E-state index in [9.17, 15) is 9.18 Å². The molecule has 3 heteroatoms. The highest BCUT2D eigenvalue weighted by molar-refractivity contribution is 5.69. The van der Waals surface area contributed by atoms with Crippen molar-refractivity contribution in [2.45, 2.75) is 26.7 Å². The number of aliphatic carboxylic acids is 1. The first-order valence-corrected chi connectivity index (χ1v) is 4.98. The molecule has 0 aromatic heterocycles. The summed E-state index contributed by atoms with van der Waals surface area (Å²) in [6, 6.07) is 5.03. The highest BCUT2D eigenvalue weighted by atomic mass is 19.1. The molecule has 1 rings (SSSR count). The number of aryl methyl sites for hydroxylation is 2. The molecule has 0 fully saturated rings. The van der Waals surface area contributed by atoms with Crippen molar-refractivity contribution in [1.82, 2.24) is 0 Å². The molecule has 1 N–H and O–H groups in total. The molecule has 1 atom stereocenters. The minimum absolute atomic E-state index is 0.243. The maximum atomic E-state index is 13.4. The first-order valence-electron chi connectivity index (χ1n) is 4.98. The van der Waals surface area contributed by atoms with Crippen molar-refractivity contribution >= 4 is 5.97 Å². The zero-order valence-electron chi connectivity index (χ0n) is 8.96. The minimum atomic E-state index is -0.831. The van der Waals surface area contributed by atoms with E-state index in [1.807, 2.05) is 13.0 Å². The Balaban J connectivity index is 2.62. The molecule has 1 unspecified atom stereocenters. The first kappa shape index (κ1) is 11.7. The second-order valence-corrected chi connectivity index (χ2v) is 3.87. The molecule has 0 bridgehead atoms. The Hall–Kier alpha value is -1.38. The Labute approximate surface area is 88.7 Å². The lowest BCUT2D eigenvalue weighted by molar-refractivity contribution is -0.141. The van der Waals surface area contributed by atoms with Crippen LogP contribution in [-0.4, -0.2) is 11.1 Å². The second-order valence-electron chi connectivity index (χ2n) is 3.87. The van der Waals surface area contributed by atoms with Gasteiger partial charge in [-0.3, -0.25) is 4.79 Å². The summed E-state index contributed by atoms with van der Waals surface area (Å²) >= 11 is 0. The van der Waals surface area contributed by atoms with Gasteiger partial charge in [0.15, 0.2) is 0 Å². The molecule has 0 radical (unpaired) electrons. The van der Waals surface area contributed by atoms with Crippen LogP contribution in [0.2, 0.25) is 0 Å². The molecule has 0 amide bonds. The zero-order chi connectivity index (χ0) is 11.4. The van der Waals surface area contributed by atoms with Crippen molar-refractivity contribution in [2.75, 3.05) is 0 Å². The van der Waals surface area contributed by atoms with E-state index in [-0.39, 0.29) is 5.82 Å². The Bertz CT molecular complexity index is 361. The summed E-state index contributed by atoms with van der Waals surface area (Å²) in [5, 5.41) is 8.68. The van der Waals surface area contributed by atoms with E-state index in [1.165, 1.54) is 6.07 Å². The molecule has 1 aromatic rings. The number of halogens is 1. The summed E-state index contributed by atoms with van der Waals surface area (Å²) in [6.45, 7) is 3.46. The number of carboxylic acids is 1. The largest absolute Gasteiger partial charge is 0.481 e. The molecular weight excluding hydrogens is 195 g/mol. The van der Waals surface area contributed by atoms with Crippen molar-refractivity contribution < 1.29 is 14.3 Å². The van der Waals surface area contributed by atoms with E-state index < -0.39 is 11.9 Å². The van der Waals surface area contributed by atoms with Crippen molar-refractivity contribution in [3.05, 3.63) is 35.1 Å². The summed E-state index contributed by atoms with van der Waals surface area (Å²) in [7, 11) is 0. The number of carbonyl (C=O) groups is 1. The molecule has 0 saturated heterocycles. The number of hydrogen-bond donors (Lipinski definition) is 1. The van der Waals surface area contributed by atoms with Gasteiger partial charge in [-0.2, -0.15) is 0 Å². The monoisotopic (exact) mass is 210 g/mol. The number of hydrogen-bond acceptors (Lipinski definition) is 1. The highest BCUT2D eigenvalue weighted by Crippen LogP contribution is 2.14. The summed E-state index contributed by atoms with van der Waals surface area (Å²) in [5.74, 6) is -1.50. The molecule has 15 heavy (non-hydrogen) atoms. The van der Waals surface area contributed by atoms with Gasteiger partial charge in [0.2, 0.25) is 0 Å². The van der Waals surface area contributed by atoms with Gasteiger partial charge < -0.3 is 5.11 Å². The highest BCUT2D eigenvalue weighted by Gasteiger charge is 2.11. The molecule has 2 nitrogen and oxygen atoms in total. The van der Waals surface area contributed by atoms with Gasteiger partial charge in [-0.15, -0.1) is 0 Å². The van der Waals surface area contributed by atoms with Crippen LogP contribution in [0.5, 0.6) is 0 Å². The Kier molecular flexibility index (Phi) is 3.83. The molecule has 0 aliphatic heterocycles. The lowest BCUT2D eigenvalue weighted by atomic mass is 10.0. The smallest absolute Gasteiger partial charge is 0.306 e. The van der Waals surface area contributed by atoms with Crippen LogP contribution in [-0.2, 0) is 11.2 Å². The van der Waals surface area contributed by atoms with Crippen LogP contribution in [0, 0.1) is 18.7 Å².